The summed E-state index contributed by atoms with van der Waals surface area (Å²) in [7, 11) is 0. The molecule has 1 aliphatic carbocycles. The molecule has 1 aliphatic rings. The third kappa shape index (κ3) is 2.53. The van der Waals surface area contributed by atoms with Crippen LogP contribution in [0, 0.1) is 12.7 Å². The lowest BCUT2D eigenvalue weighted by molar-refractivity contribution is 0.116. The van der Waals surface area contributed by atoms with E-state index < -0.39 is 0 Å². The lowest BCUT2D eigenvalue weighted by Gasteiger charge is -2.29. The quantitative estimate of drug-likeness (QED) is 0.808. The summed E-state index contributed by atoms with van der Waals surface area (Å²) in [5.41, 5.74) is 1.41. The van der Waals surface area contributed by atoms with Gasteiger partial charge in [-0.25, -0.2) is 4.39 Å². The number of anilines is 1. The van der Waals surface area contributed by atoms with Crippen molar-refractivity contribution in [3.63, 3.8) is 0 Å². The van der Waals surface area contributed by atoms with Gasteiger partial charge in [0.25, 0.3) is 0 Å². The molecule has 16 heavy (non-hydrogen) atoms. The Hall–Kier alpha value is -1.09. The van der Waals surface area contributed by atoms with E-state index in [1.165, 1.54) is 6.07 Å². The van der Waals surface area contributed by atoms with Crippen LogP contribution in [0.4, 0.5) is 10.1 Å². The Morgan fingerprint density at radius 1 is 1.31 bits per heavy atom. The number of aliphatic hydroxyl groups is 1. The molecule has 0 bridgehead atoms. The molecule has 1 aromatic rings. The Morgan fingerprint density at radius 3 is 2.75 bits per heavy atom. The third-order valence-electron chi connectivity index (χ3n) is 3.19. The van der Waals surface area contributed by atoms with Crippen molar-refractivity contribution >= 4 is 5.69 Å². The fraction of sp³-hybridized carbons (Fsp3) is 0.538. The summed E-state index contributed by atoms with van der Waals surface area (Å²) in [5, 5.41) is 12.9. The first-order chi connectivity index (χ1) is 7.66. The van der Waals surface area contributed by atoms with Crippen molar-refractivity contribution < 1.29 is 9.50 Å². The standard InChI is InChI=1S/C13H18FNO/c1-9-6-7-11(10(14)8-9)15-12-4-2-3-5-13(12)16/h6-8,12-13,15-16H,2-5H2,1H3. The van der Waals surface area contributed by atoms with Gasteiger partial charge >= 0.3 is 0 Å². The Morgan fingerprint density at radius 2 is 2.06 bits per heavy atom. The number of benzene rings is 1. The molecule has 2 rings (SSSR count). The van der Waals surface area contributed by atoms with Crippen LogP contribution >= 0.6 is 0 Å². The van der Waals surface area contributed by atoms with Crippen molar-refractivity contribution in [2.45, 2.75) is 44.8 Å². The molecule has 2 atom stereocenters. The van der Waals surface area contributed by atoms with Gasteiger partial charge in [-0.3, -0.25) is 0 Å². The highest BCUT2D eigenvalue weighted by Crippen LogP contribution is 2.24. The van der Waals surface area contributed by atoms with Gasteiger partial charge in [0.2, 0.25) is 0 Å². The Kier molecular flexibility index (Phi) is 3.44. The largest absolute Gasteiger partial charge is 0.391 e. The van der Waals surface area contributed by atoms with Gasteiger partial charge in [-0.05, 0) is 37.5 Å². The van der Waals surface area contributed by atoms with Gasteiger partial charge < -0.3 is 10.4 Å². The van der Waals surface area contributed by atoms with Crippen LogP contribution in [0.2, 0.25) is 0 Å². The normalized spacial score (nSPS) is 25.4. The average Bonchev–Trinajstić information content (AvgIpc) is 2.25. The Balaban J connectivity index is 2.07. The number of aryl methyl sites for hydroxylation is 1. The lowest BCUT2D eigenvalue weighted by atomic mass is 9.92. The molecule has 1 saturated carbocycles. The van der Waals surface area contributed by atoms with Crippen LogP contribution in [0.5, 0.6) is 0 Å². The van der Waals surface area contributed by atoms with Gasteiger partial charge in [-0.15, -0.1) is 0 Å². The van der Waals surface area contributed by atoms with Crippen LogP contribution in [0.3, 0.4) is 0 Å². The Bertz CT molecular complexity index is 367. The van der Waals surface area contributed by atoms with Crippen molar-refractivity contribution in [2.75, 3.05) is 5.32 Å². The summed E-state index contributed by atoms with van der Waals surface area (Å²) < 4.78 is 13.6. The monoisotopic (exact) mass is 223 g/mol. The van der Waals surface area contributed by atoms with E-state index in [1.807, 2.05) is 13.0 Å². The van der Waals surface area contributed by atoms with Gasteiger partial charge in [0.05, 0.1) is 17.8 Å². The van der Waals surface area contributed by atoms with Gasteiger partial charge in [-0.2, -0.15) is 0 Å². The predicted molar refractivity (Wildman–Crippen MR) is 63.0 cm³/mol. The average molecular weight is 223 g/mol. The van der Waals surface area contributed by atoms with Gasteiger partial charge in [-0.1, -0.05) is 18.9 Å². The topological polar surface area (TPSA) is 32.3 Å². The summed E-state index contributed by atoms with van der Waals surface area (Å²) >= 11 is 0. The second-order valence-electron chi connectivity index (χ2n) is 4.59. The zero-order valence-electron chi connectivity index (χ0n) is 9.54. The third-order valence-corrected chi connectivity index (χ3v) is 3.19. The van der Waals surface area contributed by atoms with E-state index in [0.717, 1.165) is 31.2 Å². The van der Waals surface area contributed by atoms with Crippen molar-refractivity contribution in [2.24, 2.45) is 0 Å². The van der Waals surface area contributed by atoms with E-state index in [4.69, 9.17) is 0 Å². The molecule has 0 amide bonds. The Labute approximate surface area is 95.5 Å². The molecule has 0 heterocycles. The predicted octanol–water partition coefficient (Wildman–Crippen LogP) is 2.85. The SMILES string of the molecule is Cc1ccc(NC2CCCCC2O)c(F)c1. The minimum Gasteiger partial charge on any atom is -0.391 e. The molecular formula is C13H18FNO. The molecule has 0 saturated heterocycles. The van der Waals surface area contributed by atoms with Gasteiger partial charge in [0.1, 0.15) is 5.82 Å². The number of aliphatic hydroxyl groups excluding tert-OH is 1. The highest BCUT2D eigenvalue weighted by molar-refractivity contribution is 5.47. The van der Waals surface area contributed by atoms with E-state index in [1.54, 1.807) is 6.07 Å². The zero-order chi connectivity index (χ0) is 11.5. The molecule has 2 unspecified atom stereocenters. The number of hydrogen-bond acceptors (Lipinski definition) is 2. The smallest absolute Gasteiger partial charge is 0.146 e. The van der Waals surface area contributed by atoms with Crippen molar-refractivity contribution in [1.29, 1.82) is 0 Å². The van der Waals surface area contributed by atoms with E-state index >= 15 is 0 Å². The summed E-state index contributed by atoms with van der Waals surface area (Å²) in [6.07, 6.45) is 3.53. The van der Waals surface area contributed by atoms with E-state index in [2.05, 4.69) is 5.32 Å². The summed E-state index contributed by atoms with van der Waals surface area (Å²) in [5.74, 6) is -0.238. The molecule has 88 valence electrons. The highest BCUT2D eigenvalue weighted by atomic mass is 19.1. The van der Waals surface area contributed by atoms with Crippen molar-refractivity contribution in [3.05, 3.63) is 29.6 Å². The first-order valence-electron chi connectivity index (χ1n) is 5.87. The number of rotatable bonds is 2. The van der Waals surface area contributed by atoms with E-state index in [-0.39, 0.29) is 18.0 Å². The molecule has 0 radical (unpaired) electrons. The molecule has 1 aromatic carbocycles. The van der Waals surface area contributed by atoms with Crippen molar-refractivity contribution in [1.82, 2.24) is 0 Å². The van der Waals surface area contributed by atoms with Crippen LogP contribution < -0.4 is 5.32 Å². The minimum atomic E-state index is -0.352. The fourth-order valence-corrected chi connectivity index (χ4v) is 2.22. The van der Waals surface area contributed by atoms with Gasteiger partial charge in [0.15, 0.2) is 0 Å². The van der Waals surface area contributed by atoms with Crippen molar-refractivity contribution in [3.8, 4) is 0 Å². The van der Waals surface area contributed by atoms with Crippen LogP contribution in [-0.2, 0) is 0 Å². The summed E-state index contributed by atoms with van der Waals surface area (Å²) in [4.78, 5) is 0. The molecule has 2 nitrogen and oxygen atoms in total. The maximum atomic E-state index is 13.6. The number of nitrogens with one attached hydrogen (secondary N) is 1. The number of hydrogen-bond donors (Lipinski definition) is 2. The fourth-order valence-electron chi connectivity index (χ4n) is 2.22. The molecule has 2 N–H and O–H groups in total. The van der Waals surface area contributed by atoms with Crippen LogP contribution in [0.1, 0.15) is 31.2 Å². The van der Waals surface area contributed by atoms with Crippen LogP contribution in [0.25, 0.3) is 0 Å². The first kappa shape index (κ1) is 11.4. The van der Waals surface area contributed by atoms with E-state index in [9.17, 15) is 9.50 Å². The maximum absolute atomic E-state index is 13.6. The van der Waals surface area contributed by atoms with Crippen LogP contribution in [0.15, 0.2) is 18.2 Å². The second-order valence-corrected chi connectivity index (χ2v) is 4.59. The molecular weight excluding hydrogens is 205 g/mol. The zero-order valence-corrected chi connectivity index (χ0v) is 9.54. The van der Waals surface area contributed by atoms with E-state index in [0.29, 0.717) is 5.69 Å². The summed E-state index contributed by atoms with van der Waals surface area (Å²) in [6.45, 7) is 1.86. The maximum Gasteiger partial charge on any atom is 0.146 e. The second kappa shape index (κ2) is 4.83. The lowest BCUT2D eigenvalue weighted by Crippen LogP contribution is -2.36. The molecule has 0 spiro atoms. The molecule has 1 fully saturated rings. The summed E-state index contributed by atoms with van der Waals surface area (Å²) in [6, 6.07) is 5.12. The highest BCUT2D eigenvalue weighted by Gasteiger charge is 2.23. The molecule has 3 heteroatoms. The first-order valence-corrected chi connectivity index (χ1v) is 5.87. The molecule has 0 aliphatic heterocycles. The van der Waals surface area contributed by atoms with Gasteiger partial charge in [0, 0.05) is 0 Å². The minimum absolute atomic E-state index is 0.00837. The van der Waals surface area contributed by atoms with Crippen LogP contribution in [-0.4, -0.2) is 17.3 Å². The molecule has 0 aromatic heterocycles. The number of halogens is 1.